The van der Waals surface area contributed by atoms with Gasteiger partial charge in [0.05, 0.1) is 23.7 Å². The molecule has 0 bridgehead atoms. The van der Waals surface area contributed by atoms with Gasteiger partial charge in [-0.05, 0) is 0 Å². The standard InChI is InChI=1S/Cl2O.2Ru/c1-3-2;;. The van der Waals surface area contributed by atoms with Crippen molar-refractivity contribution in [2.45, 2.75) is 0 Å². The summed E-state index contributed by atoms with van der Waals surface area (Å²) < 4.78 is 3.19. The first-order valence-electron chi connectivity index (χ1n) is 0.309. The van der Waals surface area contributed by atoms with Gasteiger partial charge in [0.2, 0.25) is 0 Å². The van der Waals surface area contributed by atoms with Crippen molar-refractivity contribution >= 4 is 23.7 Å². The minimum Gasteiger partial charge on any atom is -0.166 e. The monoisotopic (exact) mass is 290 g/mol. The smallest absolute Gasteiger partial charge is 0.0832 e. The first-order chi connectivity index (χ1) is 1.41. The van der Waals surface area contributed by atoms with Gasteiger partial charge in [-0.2, -0.15) is 3.84 Å². The summed E-state index contributed by atoms with van der Waals surface area (Å²) >= 11 is 8.53. The van der Waals surface area contributed by atoms with E-state index < -0.39 is 0 Å². The first-order valence-corrected chi connectivity index (χ1v) is 0.926. The molecule has 0 aliphatic heterocycles. The molecule has 5 heavy (non-hydrogen) atoms. The Labute approximate surface area is 66.2 Å². The molecule has 0 saturated heterocycles. The van der Waals surface area contributed by atoms with E-state index >= 15 is 0 Å². The molecule has 0 N–H and O–H groups in total. The zero-order valence-corrected chi connectivity index (χ0v) is 6.86. The Balaban J connectivity index is -0.0000000200. The maximum absolute atomic E-state index is 4.26. The maximum atomic E-state index is 4.26. The van der Waals surface area contributed by atoms with Gasteiger partial charge in [0, 0.05) is 39.0 Å². The second-order valence-corrected chi connectivity index (χ2v) is 0.525. The molecule has 0 atom stereocenters. The number of hydrogen-bond donors (Lipinski definition) is 0. The van der Waals surface area contributed by atoms with E-state index in [1.807, 2.05) is 0 Å². The van der Waals surface area contributed by atoms with Crippen molar-refractivity contribution in [3.8, 4) is 0 Å². The van der Waals surface area contributed by atoms with Gasteiger partial charge in [0.1, 0.15) is 0 Å². The summed E-state index contributed by atoms with van der Waals surface area (Å²) in [6, 6.07) is 0. The minimum atomic E-state index is 0. The van der Waals surface area contributed by atoms with Crippen molar-refractivity contribution in [3.05, 3.63) is 0 Å². The molecular weight excluding hydrogens is 289 g/mol. The Bertz CT molecular complexity index is 7.61. The molecule has 1 nitrogen and oxygen atoms in total. The molecule has 0 aromatic carbocycles. The zero-order valence-electron chi connectivity index (χ0n) is 1.87. The molecule has 0 unspecified atom stereocenters. The van der Waals surface area contributed by atoms with Crippen LogP contribution in [0.2, 0.25) is 0 Å². The van der Waals surface area contributed by atoms with Crippen LogP contribution in [0.25, 0.3) is 0 Å². The van der Waals surface area contributed by atoms with Gasteiger partial charge in [-0.1, -0.05) is 0 Å². The number of rotatable bonds is 0. The molecule has 0 heterocycles. The number of halogens is 2. The Morgan fingerprint density at radius 2 is 1.00 bits per heavy atom. The molecule has 0 spiro atoms. The molecule has 36 valence electrons. The summed E-state index contributed by atoms with van der Waals surface area (Å²) in [6.07, 6.45) is 0. The second kappa shape index (κ2) is 17.1. The maximum Gasteiger partial charge on any atom is 0.0832 e. The predicted molar refractivity (Wildman–Crippen MR) is 12.8 cm³/mol. The first kappa shape index (κ1) is 15.8. The third-order valence-electron chi connectivity index (χ3n) is 0. The molecule has 0 amide bonds. The van der Waals surface area contributed by atoms with Crippen molar-refractivity contribution in [1.29, 1.82) is 0 Å². The van der Waals surface area contributed by atoms with Crippen LogP contribution in [0.4, 0.5) is 0 Å². The van der Waals surface area contributed by atoms with Crippen LogP contribution in [0.5, 0.6) is 0 Å². The second-order valence-electron chi connectivity index (χ2n) is 0.0583. The van der Waals surface area contributed by atoms with Crippen LogP contribution in [0.1, 0.15) is 0 Å². The molecule has 0 aromatic rings. The SMILES string of the molecule is ClOCl.[Ru].[Ru]. The summed E-state index contributed by atoms with van der Waals surface area (Å²) in [7, 11) is 0. The van der Waals surface area contributed by atoms with Crippen molar-refractivity contribution in [2.24, 2.45) is 0 Å². The predicted octanol–water partition coefficient (Wildman–Crippen LogP) is 1.31. The third kappa shape index (κ3) is 26.0. The van der Waals surface area contributed by atoms with Crippen LogP contribution in [0.15, 0.2) is 0 Å². The van der Waals surface area contributed by atoms with Gasteiger partial charge in [-0.25, -0.2) is 0 Å². The Hall–Kier alpha value is 1.79. The van der Waals surface area contributed by atoms with Crippen molar-refractivity contribution in [3.63, 3.8) is 0 Å². The fourth-order valence-electron chi connectivity index (χ4n) is 0. The fraction of sp³-hybridized carbons (Fsp3) is 0. The van der Waals surface area contributed by atoms with E-state index in [0.717, 1.165) is 0 Å². The molecule has 0 rings (SSSR count). The van der Waals surface area contributed by atoms with Gasteiger partial charge in [0.25, 0.3) is 0 Å². The van der Waals surface area contributed by atoms with E-state index in [1.54, 1.807) is 0 Å². The van der Waals surface area contributed by atoms with Gasteiger partial charge in [-0.3, -0.25) is 0 Å². The van der Waals surface area contributed by atoms with E-state index in [1.165, 1.54) is 0 Å². The quantitative estimate of drug-likeness (QED) is 0.611. The topological polar surface area (TPSA) is 9.23 Å². The van der Waals surface area contributed by atoms with Crippen molar-refractivity contribution < 1.29 is 42.8 Å². The largest absolute Gasteiger partial charge is 0.166 e. The Kier molecular flexibility index (Phi) is 54.1. The van der Waals surface area contributed by atoms with E-state index in [-0.39, 0.29) is 39.0 Å². The normalized spacial score (nSPS) is 3.60. The zero-order chi connectivity index (χ0) is 2.71. The Morgan fingerprint density at radius 1 is 1.00 bits per heavy atom. The third-order valence-corrected chi connectivity index (χ3v) is 0. The van der Waals surface area contributed by atoms with Crippen LogP contribution in [-0.2, 0) is 42.8 Å². The molecule has 0 saturated carbocycles. The van der Waals surface area contributed by atoms with E-state index in [9.17, 15) is 0 Å². The Morgan fingerprint density at radius 3 is 1.00 bits per heavy atom. The fourth-order valence-corrected chi connectivity index (χ4v) is 0. The molecule has 0 radical (unpaired) electrons. The van der Waals surface area contributed by atoms with Gasteiger partial charge in [-0.15, -0.1) is 0 Å². The molecule has 5 heteroatoms. The molecule has 0 aromatic heterocycles. The summed E-state index contributed by atoms with van der Waals surface area (Å²) in [5, 5.41) is 0. The molecule has 0 aliphatic carbocycles. The van der Waals surface area contributed by atoms with Gasteiger partial charge in [0.15, 0.2) is 0 Å². The van der Waals surface area contributed by atoms with Crippen LogP contribution in [0.3, 0.4) is 0 Å². The number of hydrogen-bond acceptors (Lipinski definition) is 1. The van der Waals surface area contributed by atoms with Crippen LogP contribution >= 0.6 is 23.7 Å². The van der Waals surface area contributed by atoms with E-state index in [4.69, 9.17) is 0 Å². The summed E-state index contributed by atoms with van der Waals surface area (Å²) in [4.78, 5) is 0. The van der Waals surface area contributed by atoms with E-state index in [0.29, 0.717) is 0 Å². The summed E-state index contributed by atoms with van der Waals surface area (Å²) in [5.41, 5.74) is 0. The van der Waals surface area contributed by atoms with Crippen molar-refractivity contribution in [2.75, 3.05) is 0 Å². The van der Waals surface area contributed by atoms with E-state index in [2.05, 4.69) is 27.6 Å². The van der Waals surface area contributed by atoms with Crippen LogP contribution in [0, 0.1) is 0 Å². The van der Waals surface area contributed by atoms with Crippen molar-refractivity contribution in [1.82, 2.24) is 0 Å². The average Bonchev–Trinajstić information content (AvgIpc) is 0.918. The average molecular weight is 289 g/mol. The van der Waals surface area contributed by atoms with Gasteiger partial charge >= 0.3 is 0 Å². The molecular formula is Cl2ORu2. The van der Waals surface area contributed by atoms with Crippen LogP contribution in [-0.4, -0.2) is 0 Å². The molecule has 0 fully saturated rings. The summed E-state index contributed by atoms with van der Waals surface area (Å²) in [5.74, 6) is 0. The van der Waals surface area contributed by atoms with Crippen LogP contribution < -0.4 is 0 Å². The van der Waals surface area contributed by atoms with Gasteiger partial charge < -0.3 is 0 Å². The minimum absolute atomic E-state index is 0. The summed E-state index contributed by atoms with van der Waals surface area (Å²) in [6.45, 7) is 0. The molecule has 0 aliphatic rings.